The molecule has 0 aromatic heterocycles. The summed E-state index contributed by atoms with van der Waals surface area (Å²) in [6.45, 7) is -2.90. The molecule has 0 aliphatic carbocycles. The second-order valence-electron chi connectivity index (χ2n) is 13.7. The van der Waals surface area contributed by atoms with Crippen molar-refractivity contribution in [1.29, 1.82) is 0 Å². The predicted octanol–water partition coefficient (Wildman–Crippen LogP) is 9.53. The average Bonchev–Trinajstić information content (AvgIpc) is 3.20. The molecule has 0 heterocycles. The second-order valence-corrected chi connectivity index (χ2v) is 13.7. The number of anilines is 2. The van der Waals surface area contributed by atoms with Crippen LogP contribution in [-0.2, 0) is 0 Å². The van der Waals surface area contributed by atoms with Crippen molar-refractivity contribution in [2.24, 2.45) is 0 Å². The van der Waals surface area contributed by atoms with E-state index in [1.165, 1.54) is 66.7 Å². The van der Waals surface area contributed by atoms with Gasteiger partial charge in [-0.25, -0.2) is 9.59 Å². The Morgan fingerprint density at radius 3 is 1.44 bits per heavy atom. The molecule has 61 heavy (non-hydrogen) atoms. The van der Waals surface area contributed by atoms with E-state index < -0.39 is 49.2 Å². The molecule has 5 rings (SSSR count). The highest BCUT2D eigenvalue weighted by atomic mass is 19.4. The van der Waals surface area contributed by atoms with E-state index in [0.29, 0.717) is 23.2 Å². The SMILES string of the molecule is Nc1ccc(C(CC/C=C/c2ccc(C(=O)Oc3ccc(OCC(F)(F)F)cc3)cc2)C(O)(O)C/C=C/c2ccc(C(=O)Oc3ccc(OCC(F)(F)F)cc3)cc2)c(N)c1. The summed E-state index contributed by atoms with van der Waals surface area (Å²) < 4.78 is 94.2. The lowest BCUT2D eigenvalue weighted by Crippen LogP contribution is -2.36. The smallest absolute Gasteiger partial charge is 0.422 e. The number of aliphatic hydroxyl groups is 2. The van der Waals surface area contributed by atoms with Crippen molar-refractivity contribution in [3.8, 4) is 23.0 Å². The number of carbonyl (C=O) groups excluding carboxylic acids is 2. The highest BCUT2D eigenvalue weighted by Crippen LogP contribution is 2.38. The zero-order valence-corrected chi connectivity index (χ0v) is 32.2. The van der Waals surface area contributed by atoms with Crippen LogP contribution in [-0.4, -0.2) is 53.5 Å². The first kappa shape index (κ1) is 45.3. The predicted molar refractivity (Wildman–Crippen MR) is 216 cm³/mol. The molecule has 0 radical (unpaired) electrons. The minimum atomic E-state index is -4.49. The maximum atomic E-state index is 12.6. The molecule has 1 atom stereocenters. The van der Waals surface area contributed by atoms with Gasteiger partial charge in [0.1, 0.15) is 23.0 Å². The van der Waals surface area contributed by atoms with Gasteiger partial charge in [-0.3, -0.25) is 0 Å². The first-order chi connectivity index (χ1) is 28.8. The Hall–Kier alpha value is -6.78. The fraction of sp³-hybridized carbons (Fsp3) is 0.200. The van der Waals surface area contributed by atoms with Crippen LogP contribution in [0.4, 0.5) is 37.7 Å². The van der Waals surface area contributed by atoms with E-state index in [2.05, 4.69) is 9.47 Å². The van der Waals surface area contributed by atoms with Gasteiger partial charge in [0.2, 0.25) is 0 Å². The van der Waals surface area contributed by atoms with Crippen molar-refractivity contribution in [1.82, 2.24) is 0 Å². The quantitative estimate of drug-likeness (QED) is 0.0233. The monoisotopic (exact) mass is 850 g/mol. The molecule has 10 nitrogen and oxygen atoms in total. The summed E-state index contributed by atoms with van der Waals surface area (Å²) in [5.41, 5.74) is 15.1. The van der Waals surface area contributed by atoms with Crippen LogP contribution in [0.1, 0.15) is 62.6 Å². The van der Waals surface area contributed by atoms with Crippen molar-refractivity contribution in [2.75, 3.05) is 24.7 Å². The maximum Gasteiger partial charge on any atom is 0.422 e. The Kier molecular flexibility index (Phi) is 14.8. The number of ether oxygens (including phenoxy) is 4. The number of nitrogen functional groups attached to an aromatic ring is 2. The largest absolute Gasteiger partial charge is 0.484 e. The molecule has 5 aromatic carbocycles. The zero-order chi connectivity index (χ0) is 44.2. The molecular weight excluding hydrogens is 810 g/mol. The molecule has 0 amide bonds. The summed E-state index contributed by atoms with van der Waals surface area (Å²) in [6, 6.07) is 27.8. The van der Waals surface area contributed by atoms with E-state index in [1.54, 1.807) is 66.8 Å². The van der Waals surface area contributed by atoms with Crippen LogP contribution < -0.4 is 30.4 Å². The molecule has 0 aliphatic rings. The third kappa shape index (κ3) is 14.5. The minimum Gasteiger partial charge on any atom is -0.484 e. The third-order valence-corrected chi connectivity index (χ3v) is 8.87. The van der Waals surface area contributed by atoms with Crippen molar-refractivity contribution in [3.63, 3.8) is 0 Å². The standard InChI is InChI=1S/C45H40F6N2O8/c46-44(47,48)27-58-34-16-20-36(21-17-34)60-41(54)31-11-7-29(8-12-31)4-1-2-6-39(38-24-15-33(52)26-40(38)53)43(56,57)25-3-5-30-9-13-32(14-10-30)42(55)61-37-22-18-35(19-23-37)59-28-45(49,50)51/h1,3-5,7-24,26,39,56-57H,2,6,25,27-28,52-53H2/b4-1+,5-3+. The van der Waals surface area contributed by atoms with Gasteiger partial charge < -0.3 is 40.6 Å². The van der Waals surface area contributed by atoms with Crippen molar-refractivity contribution < 1.29 is 65.1 Å². The molecule has 1 unspecified atom stereocenters. The van der Waals surface area contributed by atoms with Crippen LogP contribution in [0.3, 0.4) is 0 Å². The summed E-state index contributed by atoms with van der Waals surface area (Å²) in [7, 11) is 0. The van der Waals surface area contributed by atoms with Crippen LogP contribution in [0.2, 0.25) is 0 Å². The Morgan fingerprint density at radius 1 is 0.590 bits per heavy atom. The highest BCUT2D eigenvalue weighted by Gasteiger charge is 2.35. The number of rotatable bonds is 17. The number of allylic oxidation sites excluding steroid dienone is 1. The van der Waals surface area contributed by atoms with Crippen molar-refractivity contribution >= 4 is 35.5 Å². The van der Waals surface area contributed by atoms with Crippen LogP contribution in [0, 0.1) is 0 Å². The zero-order valence-electron chi connectivity index (χ0n) is 32.2. The van der Waals surface area contributed by atoms with Gasteiger partial charge in [0.05, 0.1) is 11.1 Å². The number of alkyl halides is 6. The van der Waals surface area contributed by atoms with E-state index in [-0.39, 0.29) is 52.7 Å². The number of halogens is 6. The third-order valence-electron chi connectivity index (χ3n) is 8.87. The number of hydrogen-bond acceptors (Lipinski definition) is 10. The van der Waals surface area contributed by atoms with Crippen LogP contribution in [0.5, 0.6) is 23.0 Å². The number of benzene rings is 5. The first-order valence-electron chi connectivity index (χ1n) is 18.5. The van der Waals surface area contributed by atoms with E-state index >= 15 is 0 Å². The maximum absolute atomic E-state index is 12.6. The lowest BCUT2D eigenvalue weighted by Gasteiger charge is -2.32. The number of nitrogens with two attached hydrogens (primary N) is 2. The second kappa shape index (κ2) is 20.0. The van der Waals surface area contributed by atoms with Crippen LogP contribution in [0.25, 0.3) is 12.2 Å². The molecule has 0 saturated carbocycles. The molecule has 0 aliphatic heterocycles. The lowest BCUT2D eigenvalue weighted by molar-refractivity contribution is -0.177. The van der Waals surface area contributed by atoms with Gasteiger partial charge in [-0.05, 0) is 114 Å². The Bertz CT molecular complexity index is 2290. The Morgan fingerprint density at radius 2 is 1.02 bits per heavy atom. The van der Waals surface area contributed by atoms with Gasteiger partial charge in [0, 0.05) is 23.7 Å². The van der Waals surface area contributed by atoms with Gasteiger partial charge in [-0.1, -0.05) is 54.6 Å². The fourth-order valence-electron chi connectivity index (χ4n) is 5.87. The number of esters is 2. The van der Waals surface area contributed by atoms with Gasteiger partial charge in [-0.2, -0.15) is 26.3 Å². The average molecular weight is 851 g/mol. The minimum absolute atomic E-state index is 0.0314. The molecule has 0 bridgehead atoms. The number of hydrogen-bond donors (Lipinski definition) is 4. The van der Waals surface area contributed by atoms with E-state index in [0.717, 1.165) is 5.56 Å². The summed E-state index contributed by atoms with van der Waals surface area (Å²) in [6.07, 6.45) is -1.69. The molecule has 5 aromatic rings. The fourth-order valence-corrected chi connectivity index (χ4v) is 5.87. The summed E-state index contributed by atoms with van der Waals surface area (Å²) in [4.78, 5) is 25.3. The van der Waals surface area contributed by atoms with Crippen molar-refractivity contribution in [3.05, 3.63) is 155 Å². The van der Waals surface area contributed by atoms with Gasteiger partial charge in [0.25, 0.3) is 0 Å². The molecule has 0 fully saturated rings. The summed E-state index contributed by atoms with van der Waals surface area (Å²) in [5, 5.41) is 22.8. The van der Waals surface area contributed by atoms with E-state index in [9.17, 15) is 46.1 Å². The molecule has 0 spiro atoms. The Labute approximate surface area is 346 Å². The van der Waals surface area contributed by atoms with E-state index in [4.69, 9.17) is 20.9 Å². The van der Waals surface area contributed by atoms with Crippen molar-refractivity contribution in [2.45, 2.75) is 43.3 Å². The molecule has 16 heteroatoms. The summed E-state index contributed by atoms with van der Waals surface area (Å²) in [5.74, 6) is -4.35. The van der Waals surface area contributed by atoms with Gasteiger partial charge in [-0.15, -0.1) is 0 Å². The molecule has 320 valence electrons. The van der Waals surface area contributed by atoms with Gasteiger partial charge >= 0.3 is 24.3 Å². The lowest BCUT2D eigenvalue weighted by atomic mass is 9.83. The van der Waals surface area contributed by atoms with Crippen LogP contribution in [0.15, 0.2) is 127 Å². The highest BCUT2D eigenvalue weighted by molar-refractivity contribution is 5.92. The van der Waals surface area contributed by atoms with Gasteiger partial charge in [0.15, 0.2) is 19.0 Å². The molecule has 6 N–H and O–H groups in total. The van der Waals surface area contributed by atoms with E-state index in [1.807, 2.05) is 6.08 Å². The summed E-state index contributed by atoms with van der Waals surface area (Å²) >= 11 is 0. The molecule has 0 saturated heterocycles. The number of carbonyl (C=O) groups is 2. The molecular formula is C45H40F6N2O8. The topological polar surface area (TPSA) is 164 Å². The normalized spacial score (nSPS) is 12.7. The van der Waals surface area contributed by atoms with Crippen LogP contribution >= 0.6 is 0 Å². The first-order valence-corrected chi connectivity index (χ1v) is 18.5. The Balaban J connectivity index is 1.15.